The molecule has 9 heteroatoms. The van der Waals surface area contributed by atoms with Crippen molar-refractivity contribution in [2.24, 2.45) is 5.10 Å². The van der Waals surface area contributed by atoms with Crippen LogP contribution in [0.15, 0.2) is 102 Å². The second-order valence-electron chi connectivity index (χ2n) is 11.8. The number of nitrogens with one attached hydrogen (secondary N) is 1. The van der Waals surface area contributed by atoms with Crippen LogP contribution in [0.2, 0.25) is 0 Å². The smallest absolute Gasteiger partial charge is 0.166 e. The lowest BCUT2D eigenvalue weighted by atomic mass is 9.84. The number of aromatic nitrogens is 2. The number of allylic oxidation sites excluding steroid dienone is 1. The summed E-state index contributed by atoms with van der Waals surface area (Å²) in [4.78, 5) is 13.8. The van der Waals surface area contributed by atoms with Gasteiger partial charge in [-0.05, 0) is 84.5 Å². The Balaban J connectivity index is 1.14. The predicted octanol–water partition coefficient (Wildman–Crippen LogP) is 8.38. The van der Waals surface area contributed by atoms with E-state index in [0.29, 0.717) is 0 Å². The number of hydrazone groups is 1. The Morgan fingerprint density at radius 2 is 1.73 bits per heavy atom. The summed E-state index contributed by atoms with van der Waals surface area (Å²) in [6, 6.07) is 26.7. The molecular formula is C35H34N5OPS2. The van der Waals surface area contributed by atoms with Crippen molar-refractivity contribution in [3.8, 4) is 5.75 Å². The lowest BCUT2D eigenvalue weighted by molar-refractivity contribution is 0.619. The fraction of sp³-hybridized carbons (Fsp3) is 0.229. The molecule has 6 nitrogen and oxygen atoms in total. The van der Waals surface area contributed by atoms with Gasteiger partial charge in [0.1, 0.15) is 16.9 Å². The predicted molar refractivity (Wildman–Crippen MR) is 189 cm³/mol. The molecular weight excluding hydrogens is 602 g/mol. The molecule has 0 saturated carbocycles. The molecule has 1 unspecified atom stereocenters. The summed E-state index contributed by atoms with van der Waals surface area (Å²) in [7, 11) is 2.12. The topological polar surface area (TPSA) is 62.6 Å². The fourth-order valence-electron chi connectivity index (χ4n) is 6.29. The number of fused-ring (bicyclic) bond motifs is 4. The first-order chi connectivity index (χ1) is 21.3. The number of aryl methyl sites for hydroxylation is 2. The first kappa shape index (κ1) is 28.9. The van der Waals surface area contributed by atoms with Gasteiger partial charge in [0.25, 0.3) is 0 Å². The van der Waals surface area contributed by atoms with E-state index in [9.17, 15) is 0 Å². The molecule has 0 radical (unpaired) electrons. The van der Waals surface area contributed by atoms with E-state index in [2.05, 4.69) is 88.5 Å². The molecule has 0 fully saturated rings. The van der Waals surface area contributed by atoms with Gasteiger partial charge in [0.15, 0.2) is 12.1 Å². The normalized spacial score (nSPS) is 17.9. The molecule has 2 aliphatic rings. The average Bonchev–Trinajstić information content (AvgIpc) is 3.52. The van der Waals surface area contributed by atoms with E-state index in [1.807, 2.05) is 42.5 Å². The van der Waals surface area contributed by atoms with Gasteiger partial charge < -0.3 is 9.42 Å². The zero-order valence-electron chi connectivity index (χ0n) is 25.0. The van der Waals surface area contributed by atoms with Crippen LogP contribution in [0.5, 0.6) is 5.75 Å². The van der Waals surface area contributed by atoms with Gasteiger partial charge in [-0.25, -0.2) is 9.97 Å². The van der Waals surface area contributed by atoms with Gasteiger partial charge in [0, 0.05) is 39.8 Å². The number of hydrogen-bond donors (Lipinski definition) is 1. The summed E-state index contributed by atoms with van der Waals surface area (Å²) in [5.74, 6) is 3.71. The molecule has 0 saturated heterocycles. The Hall–Kier alpha value is -3.84. The largest absolute Gasteiger partial charge is 0.458 e. The maximum atomic E-state index is 6.76. The molecule has 0 bridgehead atoms. The Kier molecular flexibility index (Phi) is 7.61. The number of likely N-dealkylation sites (N-methyl/N-ethyl adjacent to an activating group) is 1. The van der Waals surface area contributed by atoms with Gasteiger partial charge in [-0.1, -0.05) is 62.4 Å². The third-order valence-electron chi connectivity index (χ3n) is 8.61. The molecule has 222 valence electrons. The molecule has 3 heterocycles. The van der Waals surface area contributed by atoms with E-state index in [0.717, 1.165) is 51.2 Å². The van der Waals surface area contributed by atoms with Crippen molar-refractivity contribution in [1.82, 2.24) is 9.97 Å². The highest BCUT2D eigenvalue weighted by atomic mass is 32.4. The number of benzene rings is 3. The maximum Gasteiger partial charge on any atom is 0.166 e. The second kappa shape index (κ2) is 11.6. The Bertz CT molecular complexity index is 1950. The van der Waals surface area contributed by atoms with Crippen molar-refractivity contribution >= 4 is 62.6 Å². The zero-order valence-corrected chi connectivity index (χ0v) is 27.6. The standard InChI is InChI=1S/C35H34N5OPS2/c1-35(2)28-14-8-9-15-29(28)40(3)31(35)22-42(43,26-11-5-4-6-12-26)41-25-19-17-24(18-20-25)21-38-39-33-32-27-13-7-10-16-30(27)44-34(32)37-23-36-33/h4-6,8-9,11-12,14-15,17-23H,7,10,13,16H2,1-3H3,(H,36,37,39)/b31-22-,38-21-. The Morgan fingerprint density at radius 3 is 2.52 bits per heavy atom. The quantitative estimate of drug-likeness (QED) is 0.110. The highest BCUT2D eigenvalue weighted by Crippen LogP contribution is 2.55. The zero-order chi connectivity index (χ0) is 30.3. The third-order valence-corrected chi connectivity index (χ3v) is 13.1. The van der Waals surface area contributed by atoms with Gasteiger partial charge in [0.05, 0.1) is 11.6 Å². The monoisotopic (exact) mass is 635 g/mol. The van der Waals surface area contributed by atoms with E-state index >= 15 is 0 Å². The lowest BCUT2D eigenvalue weighted by Gasteiger charge is -2.28. The molecule has 1 N–H and O–H groups in total. The minimum Gasteiger partial charge on any atom is -0.458 e. The maximum absolute atomic E-state index is 6.76. The molecule has 1 aliphatic heterocycles. The number of para-hydroxylation sites is 1. The molecule has 44 heavy (non-hydrogen) atoms. The van der Waals surface area contributed by atoms with E-state index in [4.69, 9.17) is 16.3 Å². The molecule has 2 aromatic heterocycles. The summed E-state index contributed by atoms with van der Waals surface area (Å²) in [6.45, 7) is 4.52. The molecule has 0 amide bonds. The van der Waals surface area contributed by atoms with Crippen LogP contribution in [-0.2, 0) is 30.1 Å². The van der Waals surface area contributed by atoms with Crippen LogP contribution in [0.4, 0.5) is 11.5 Å². The van der Waals surface area contributed by atoms with Crippen molar-refractivity contribution in [3.63, 3.8) is 0 Å². The highest BCUT2D eigenvalue weighted by Gasteiger charge is 2.40. The van der Waals surface area contributed by atoms with Crippen LogP contribution in [0, 0.1) is 0 Å². The van der Waals surface area contributed by atoms with Gasteiger partial charge in [-0.3, -0.25) is 5.43 Å². The van der Waals surface area contributed by atoms with Crippen LogP contribution in [0.1, 0.15) is 48.3 Å². The van der Waals surface area contributed by atoms with Crippen LogP contribution < -0.4 is 20.2 Å². The highest BCUT2D eigenvalue weighted by molar-refractivity contribution is 8.17. The average molecular weight is 636 g/mol. The van der Waals surface area contributed by atoms with Gasteiger partial charge >= 0.3 is 0 Å². The molecule has 5 aromatic rings. The van der Waals surface area contributed by atoms with Gasteiger partial charge in [0.2, 0.25) is 0 Å². The summed E-state index contributed by atoms with van der Waals surface area (Å²) in [5.41, 5.74) is 8.97. The first-order valence-electron chi connectivity index (χ1n) is 14.9. The third kappa shape index (κ3) is 5.25. The van der Waals surface area contributed by atoms with Crippen LogP contribution in [0.25, 0.3) is 10.2 Å². The molecule has 1 atom stereocenters. The van der Waals surface area contributed by atoms with Crippen molar-refractivity contribution in [3.05, 3.63) is 118 Å². The summed E-state index contributed by atoms with van der Waals surface area (Å²) >= 11 is 8.21. The molecule has 3 aromatic carbocycles. The number of anilines is 2. The lowest BCUT2D eigenvalue weighted by Crippen LogP contribution is -2.24. The van der Waals surface area contributed by atoms with Gasteiger partial charge in [-0.2, -0.15) is 5.10 Å². The van der Waals surface area contributed by atoms with Crippen molar-refractivity contribution in [2.75, 3.05) is 17.4 Å². The number of nitrogens with zero attached hydrogens (tertiary/aromatic N) is 4. The minimum atomic E-state index is -2.62. The van der Waals surface area contributed by atoms with Crippen molar-refractivity contribution in [2.45, 2.75) is 44.9 Å². The molecule has 0 spiro atoms. The Morgan fingerprint density at radius 1 is 0.977 bits per heavy atom. The molecule has 7 rings (SSSR count). The number of thiophene rings is 1. The van der Waals surface area contributed by atoms with E-state index in [-0.39, 0.29) is 5.41 Å². The second-order valence-corrected chi connectivity index (χ2v) is 16.7. The fourth-order valence-corrected chi connectivity index (χ4v) is 10.6. The minimum absolute atomic E-state index is 0.196. The number of rotatable bonds is 7. The summed E-state index contributed by atoms with van der Waals surface area (Å²) < 4.78 is 6.76. The molecule has 1 aliphatic carbocycles. The van der Waals surface area contributed by atoms with E-state index < -0.39 is 6.26 Å². The van der Waals surface area contributed by atoms with E-state index in [1.165, 1.54) is 34.5 Å². The van der Waals surface area contributed by atoms with Gasteiger partial charge in [-0.15, -0.1) is 11.3 Å². The van der Waals surface area contributed by atoms with Crippen molar-refractivity contribution < 1.29 is 4.52 Å². The first-order valence-corrected chi connectivity index (χ1v) is 18.5. The number of hydrogen-bond acceptors (Lipinski definition) is 8. The van der Waals surface area contributed by atoms with E-state index in [1.54, 1.807) is 23.9 Å². The SMILES string of the molecule is CN1/C(=C\P(=S)(Oc2ccc(/C=N\Nc3ncnc4sc5c(c34)CCCC5)cc2)c2ccccc2)C(C)(C)c2ccccc21. The van der Waals surface area contributed by atoms with Crippen LogP contribution in [-0.4, -0.2) is 23.2 Å². The summed E-state index contributed by atoms with van der Waals surface area (Å²) in [5, 5.41) is 6.66. The van der Waals surface area contributed by atoms with Crippen LogP contribution in [0.3, 0.4) is 0 Å². The van der Waals surface area contributed by atoms with Crippen molar-refractivity contribution in [1.29, 1.82) is 0 Å². The summed E-state index contributed by atoms with van der Waals surface area (Å²) in [6.07, 6.45) is 5.46. The Labute approximate surface area is 267 Å². The van der Waals surface area contributed by atoms with Crippen LogP contribution >= 0.6 is 17.6 Å².